The molecule has 0 spiro atoms. The lowest BCUT2D eigenvalue weighted by Gasteiger charge is -2.33. The molecule has 0 aromatic heterocycles. The Morgan fingerprint density at radius 1 is 1.58 bits per heavy atom. The van der Waals surface area contributed by atoms with Gasteiger partial charge >= 0.3 is 0 Å². The summed E-state index contributed by atoms with van der Waals surface area (Å²) in [6.07, 6.45) is 3.04. The van der Waals surface area contributed by atoms with Crippen LogP contribution in [0.3, 0.4) is 0 Å². The van der Waals surface area contributed by atoms with E-state index in [1.807, 2.05) is 13.8 Å². The van der Waals surface area contributed by atoms with Crippen LogP contribution in [0.15, 0.2) is 12.2 Å². The summed E-state index contributed by atoms with van der Waals surface area (Å²) >= 11 is 0. The van der Waals surface area contributed by atoms with Gasteiger partial charge in [0.25, 0.3) is 0 Å². The Labute approximate surface area is 72.0 Å². The van der Waals surface area contributed by atoms with Gasteiger partial charge in [0, 0.05) is 0 Å². The Balaban J connectivity index is 2.88. The van der Waals surface area contributed by atoms with E-state index in [1.165, 1.54) is 12.2 Å². The Kier molecular flexibility index (Phi) is 2.65. The molecular formula is C9H14O3. The lowest BCUT2D eigenvalue weighted by atomic mass is 9.90. The third-order valence-electron chi connectivity index (χ3n) is 2.35. The van der Waals surface area contributed by atoms with Gasteiger partial charge in [-0.15, -0.1) is 0 Å². The van der Waals surface area contributed by atoms with E-state index in [0.29, 0.717) is 12.8 Å². The summed E-state index contributed by atoms with van der Waals surface area (Å²) in [6.45, 7) is 3.76. The third kappa shape index (κ3) is 1.42. The first-order chi connectivity index (χ1) is 5.64. The van der Waals surface area contributed by atoms with E-state index in [4.69, 9.17) is 9.84 Å². The first-order valence-electron chi connectivity index (χ1n) is 4.23. The largest absolute Gasteiger partial charge is 0.365 e. The van der Waals surface area contributed by atoms with Crippen molar-refractivity contribution in [3.05, 3.63) is 12.2 Å². The highest BCUT2D eigenvalue weighted by molar-refractivity contribution is 5.97. The molecule has 68 valence electrons. The molecule has 1 N–H and O–H groups in total. The molecule has 0 bridgehead atoms. The predicted molar refractivity (Wildman–Crippen MR) is 44.6 cm³/mol. The fourth-order valence-electron chi connectivity index (χ4n) is 1.42. The van der Waals surface area contributed by atoms with E-state index in [1.54, 1.807) is 0 Å². The summed E-state index contributed by atoms with van der Waals surface area (Å²) < 4.78 is 5.20. The van der Waals surface area contributed by atoms with Crippen molar-refractivity contribution in [2.24, 2.45) is 0 Å². The molecule has 1 rings (SSSR count). The maximum atomic E-state index is 11.4. The van der Waals surface area contributed by atoms with Crippen LogP contribution in [0.5, 0.6) is 0 Å². The van der Waals surface area contributed by atoms with Gasteiger partial charge in [-0.3, -0.25) is 4.79 Å². The summed E-state index contributed by atoms with van der Waals surface area (Å²) in [5.74, 6) is -0.0437. The van der Waals surface area contributed by atoms with Gasteiger partial charge in [0.15, 0.2) is 12.1 Å². The summed E-state index contributed by atoms with van der Waals surface area (Å²) in [7, 11) is 0. The van der Waals surface area contributed by atoms with Crippen molar-refractivity contribution < 1.29 is 14.6 Å². The van der Waals surface area contributed by atoms with Crippen LogP contribution in [-0.2, 0) is 9.53 Å². The molecule has 1 aliphatic heterocycles. The van der Waals surface area contributed by atoms with Crippen molar-refractivity contribution >= 4 is 5.78 Å². The van der Waals surface area contributed by atoms with Gasteiger partial charge in [-0.25, -0.2) is 0 Å². The van der Waals surface area contributed by atoms with Crippen LogP contribution in [0.2, 0.25) is 0 Å². The molecule has 0 radical (unpaired) electrons. The molecule has 1 unspecified atom stereocenters. The summed E-state index contributed by atoms with van der Waals surface area (Å²) in [4.78, 5) is 11.4. The molecular weight excluding hydrogens is 156 g/mol. The lowest BCUT2D eigenvalue weighted by Crippen LogP contribution is -2.44. The molecule has 3 heteroatoms. The molecule has 0 fully saturated rings. The zero-order valence-electron chi connectivity index (χ0n) is 7.41. The van der Waals surface area contributed by atoms with Gasteiger partial charge in [-0.2, -0.15) is 0 Å². The summed E-state index contributed by atoms with van der Waals surface area (Å²) in [6, 6.07) is 0. The average Bonchev–Trinajstić information content (AvgIpc) is 2.09. The molecule has 1 atom stereocenters. The van der Waals surface area contributed by atoms with E-state index in [0.717, 1.165) is 0 Å². The maximum absolute atomic E-state index is 11.4. The number of ketones is 1. The maximum Gasteiger partial charge on any atom is 0.187 e. The molecule has 12 heavy (non-hydrogen) atoms. The number of carbonyl (C=O) groups is 1. The standard InChI is InChI=1S/C9H14O3/c1-3-9(4-2)7(10)5-6-8(11)12-9/h5-6,8,11H,3-4H2,1-2H3. The first-order valence-corrected chi connectivity index (χ1v) is 4.23. The van der Waals surface area contributed by atoms with Gasteiger partial charge in [0.1, 0.15) is 5.60 Å². The zero-order valence-corrected chi connectivity index (χ0v) is 7.41. The summed E-state index contributed by atoms with van der Waals surface area (Å²) in [5, 5.41) is 9.16. The van der Waals surface area contributed by atoms with Gasteiger partial charge in [0.05, 0.1) is 0 Å². The highest BCUT2D eigenvalue weighted by Crippen LogP contribution is 2.27. The van der Waals surface area contributed by atoms with Gasteiger partial charge < -0.3 is 9.84 Å². The Bertz CT molecular complexity index is 204. The van der Waals surface area contributed by atoms with Crippen LogP contribution >= 0.6 is 0 Å². The van der Waals surface area contributed by atoms with Crippen molar-refractivity contribution in [2.75, 3.05) is 0 Å². The highest BCUT2D eigenvalue weighted by atomic mass is 16.6. The van der Waals surface area contributed by atoms with Crippen molar-refractivity contribution in [3.8, 4) is 0 Å². The monoisotopic (exact) mass is 170 g/mol. The van der Waals surface area contributed by atoms with Crippen molar-refractivity contribution in [3.63, 3.8) is 0 Å². The third-order valence-corrected chi connectivity index (χ3v) is 2.35. The van der Waals surface area contributed by atoms with Crippen LogP contribution in [0.4, 0.5) is 0 Å². The first kappa shape index (κ1) is 9.42. The fourth-order valence-corrected chi connectivity index (χ4v) is 1.42. The molecule has 1 heterocycles. The average molecular weight is 170 g/mol. The predicted octanol–water partition coefficient (Wildman–Crippen LogP) is 1.02. The van der Waals surface area contributed by atoms with E-state index >= 15 is 0 Å². The number of rotatable bonds is 2. The van der Waals surface area contributed by atoms with E-state index < -0.39 is 11.9 Å². The van der Waals surface area contributed by atoms with Crippen LogP contribution in [0.1, 0.15) is 26.7 Å². The number of aliphatic hydroxyl groups excluding tert-OH is 1. The molecule has 3 nitrogen and oxygen atoms in total. The second-order valence-corrected chi connectivity index (χ2v) is 2.93. The minimum absolute atomic E-state index is 0.0437. The lowest BCUT2D eigenvalue weighted by molar-refractivity contribution is -0.180. The number of aliphatic hydroxyl groups is 1. The van der Waals surface area contributed by atoms with Crippen LogP contribution < -0.4 is 0 Å². The smallest absolute Gasteiger partial charge is 0.187 e. The topological polar surface area (TPSA) is 46.5 Å². The van der Waals surface area contributed by atoms with Crippen molar-refractivity contribution in [1.82, 2.24) is 0 Å². The second kappa shape index (κ2) is 3.37. The molecule has 0 aromatic carbocycles. The SMILES string of the molecule is CCC1(CC)OC(O)C=CC1=O. The van der Waals surface area contributed by atoms with Crippen LogP contribution in [0.25, 0.3) is 0 Å². The second-order valence-electron chi connectivity index (χ2n) is 2.93. The molecule has 1 aliphatic rings. The summed E-state index contributed by atoms with van der Waals surface area (Å²) in [5.41, 5.74) is -0.784. The Hall–Kier alpha value is -0.670. The zero-order chi connectivity index (χ0) is 9.19. The molecule has 0 saturated heterocycles. The van der Waals surface area contributed by atoms with E-state index in [9.17, 15) is 4.79 Å². The number of carbonyl (C=O) groups excluding carboxylic acids is 1. The van der Waals surface area contributed by atoms with Crippen LogP contribution in [-0.4, -0.2) is 22.8 Å². The molecule has 0 saturated carbocycles. The van der Waals surface area contributed by atoms with E-state index in [-0.39, 0.29) is 5.78 Å². The van der Waals surface area contributed by atoms with Gasteiger partial charge in [-0.05, 0) is 25.0 Å². The fraction of sp³-hybridized carbons (Fsp3) is 0.667. The van der Waals surface area contributed by atoms with Gasteiger partial charge in [0.2, 0.25) is 0 Å². The quantitative estimate of drug-likeness (QED) is 0.673. The van der Waals surface area contributed by atoms with Gasteiger partial charge in [-0.1, -0.05) is 13.8 Å². The number of ether oxygens (including phenoxy) is 1. The minimum atomic E-state index is -0.928. The Morgan fingerprint density at radius 3 is 2.58 bits per heavy atom. The molecule has 0 amide bonds. The molecule has 0 aromatic rings. The van der Waals surface area contributed by atoms with E-state index in [2.05, 4.69) is 0 Å². The molecule has 0 aliphatic carbocycles. The Morgan fingerprint density at radius 2 is 2.17 bits per heavy atom. The van der Waals surface area contributed by atoms with Crippen molar-refractivity contribution in [2.45, 2.75) is 38.6 Å². The van der Waals surface area contributed by atoms with Crippen LogP contribution in [0, 0.1) is 0 Å². The highest BCUT2D eigenvalue weighted by Gasteiger charge is 2.38. The minimum Gasteiger partial charge on any atom is -0.365 e. The normalized spacial score (nSPS) is 27.6. The number of hydrogen-bond acceptors (Lipinski definition) is 3. The van der Waals surface area contributed by atoms with Crippen molar-refractivity contribution in [1.29, 1.82) is 0 Å². The number of hydrogen-bond donors (Lipinski definition) is 1.